The first kappa shape index (κ1) is 19.9. The van der Waals surface area contributed by atoms with Gasteiger partial charge in [-0.1, -0.05) is 12.1 Å². The normalized spacial score (nSPS) is 18.9. The smallest absolute Gasteiger partial charge is 0.317 e. The predicted octanol–water partition coefficient (Wildman–Crippen LogP) is 4.12. The Labute approximate surface area is 169 Å². The van der Waals surface area contributed by atoms with Gasteiger partial charge in [0, 0.05) is 5.69 Å². The zero-order valence-electron chi connectivity index (χ0n) is 16.1. The van der Waals surface area contributed by atoms with Crippen molar-refractivity contribution in [3.63, 3.8) is 0 Å². The summed E-state index contributed by atoms with van der Waals surface area (Å²) in [6.45, 7) is 3.62. The second kappa shape index (κ2) is 7.12. The summed E-state index contributed by atoms with van der Waals surface area (Å²) in [5, 5.41) is 13.4. The summed E-state index contributed by atoms with van der Waals surface area (Å²) in [6, 6.07) is 6.00. The molecule has 156 valence electrons. The largest absolute Gasteiger partial charge is 0.416 e. The molecule has 0 bridgehead atoms. The van der Waals surface area contributed by atoms with Crippen molar-refractivity contribution in [1.82, 2.24) is 20.0 Å². The number of aryl methyl sites for hydroxylation is 1. The zero-order chi connectivity index (χ0) is 21.6. The minimum absolute atomic E-state index is 0.169. The number of fused-ring (bicyclic) bond motifs is 1. The Balaban J connectivity index is 1.63. The Kier molecular flexibility index (Phi) is 4.71. The van der Waals surface area contributed by atoms with Crippen LogP contribution >= 0.6 is 0 Å². The van der Waals surface area contributed by atoms with Crippen molar-refractivity contribution in [3.8, 4) is 0 Å². The van der Waals surface area contributed by atoms with Gasteiger partial charge in [0.25, 0.3) is 5.91 Å². The number of ketones is 1. The van der Waals surface area contributed by atoms with Crippen LogP contribution in [-0.4, -0.2) is 31.7 Å². The first-order valence-corrected chi connectivity index (χ1v) is 9.27. The number of anilines is 1. The fourth-order valence-corrected chi connectivity index (χ4v) is 3.66. The highest BCUT2D eigenvalue weighted by Crippen LogP contribution is 2.39. The Morgan fingerprint density at radius 1 is 1.27 bits per heavy atom. The van der Waals surface area contributed by atoms with Crippen molar-refractivity contribution < 1.29 is 22.8 Å². The van der Waals surface area contributed by atoms with Crippen LogP contribution in [0.4, 0.5) is 18.9 Å². The Hall–Kier alpha value is -3.43. The van der Waals surface area contributed by atoms with E-state index in [2.05, 4.69) is 20.6 Å². The predicted molar refractivity (Wildman–Crippen MR) is 101 cm³/mol. The fraction of sp³-hybridized carbons (Fsp3) is 0.300. The molecule has 1 unspecified atom stereocenters. The van der Waals surface area contributed by atoms with Gasteiger partial charge >= 0.3 is 6.18 Å². The van der Waals surface area contributed by atoms with E-state index in [1.54, 1.807) is 13.0 Å². The molecule has 30 heavy (non-hydrogen) atoms. The molecule has 1 aliphatic heterocycles. The molecule has 2 aromatic heterocycles. The molecule has 1 aromatic carbocycles. The molecule has 3 heterocycles. The van der Waals surface area contributed by atoms with Gasteiger partial charge in [-0.25, -0.2) is 0 Å². The number of alkyl halides is 3. The van der Waals surface area contributed by atoms with Crippen LogP contribution < -0.4 is 5.32 Å². The van der Waals surface area contributed by atoms with Crippen molar-refractivity contribution in [1.29, 1.82) is 0 Å². The monoisotopic (exact) mass is 417 g/mol. The zero-order valence-corrected chi connectivity index (χ0v) is 16.1. The number of H-pyrrole nitrogens is 1. The number of nitrogens with zero attached hydrogens (tertiary/aromatic N) is 3. The van der Waals surface area contributed by atoms with Gasteiger partial charge < -0.3 is 5.32 Å². The lowest BCUT2D eigenvalue weighted by Gasteiger charge is -2.28. The van der Waals surface area contributed by atoms with Crippen LogP contribution in [0.25, 0.3) is 0 Å². The van der Waals surface area contributed by atoms with E-state index >= 15 is 0 Å². The Morgan fingerprint density at radius 2 is 1.97 bits per heavy atom. The van der Waals surface area contributed by atoms with Gasteiger partial charge in [0.15, 0.2) is 11.5 Å². The minimum atomic E-state index is -4.44. The molecule has 0 fully saturated rings. The Bertz CT molecular complexity index is 1110. The molecular formula is C20H18F3N5O2. The maximum absolute atomic E-state index is 13.2. The molecule has 10 heteroatoms. The van der Waals surface area contributed by atoms with Gasteiger partial charge in [0.1, 0.15) is 5.69 Å². The van der Waals surface area contributed by atoms with Crippen molar-refractivity contribution in [3.05, 3.63) is 64.7 Å². The molecule has 0 spiro atoms. The van der Waals surface area contributed by atoms with E-state index in [-0.39, 0.29) is 28.9 Å². The van der Waals surface area contributed by atoms with Crippen LogP contribution in [0.2, 0.25) is 0 Å². The molecule has 0 radical (unpaired) electrons. The average Bonchev–Trinajstić information content (AvgIpc) is 3.31. The summed E-state index contributed by atoms with van der Waals surface area (Å²) >= 11 is 0. The highest BCUT2D eigenvalue weighted by molar-refractivity contribution is 6.10. The average molecular weight is 417 g/mol. The number of aromatic nitrogens is 4. The first-order chi connectivity index (χ1) is 14.1. The maximum atomic E-state index is 13.2. The van der Waals surface area contributed by atoms with Gasteiger partial charge in [0.05, 0.1) is 29.4 Å². The lowest BCUT2D eigenvalue weighted by molar-refractivity contribution is -0.137. The van der Waals surface area contributed by atoms with E-state index in [9.17, 15) is 22.8 Å². The highest BCUT2D eigenvalue weighted by Gasteiger charge is 2.37. The number of carbonyl (C=O) groups excluding carboxylic acids is 2. The number of amides is 1. The molecule has 2 atom stereocenters. The van der Waals surface area contributed by atoms with Gasteiger partial charge in [-0.15, -0.1) is 0 Å². The number of hydrogen-bond donors (Lipinski definition) is 2. The van der Waals surface area contributed by atoms with Crippen LogP contribution in [0.5, 0.6) is 0 Å². The lowest BCUT2D eigenvalue weighted by Crippen LogP contribution is -2.29. The number of rotatable bonds is 3. The lowest BCUT2D eigenvalue weighted by atomic mass is 9.84. The molecule has 0 aliphatic carbocycles. The van der Waals surface area contributed by atoms with E-state index in [4.69, 9.17) is 0 Å². The molecule has 0 saturated heterocycles. The van der Waals surface area contributed by atoms with Crippen LogP contribution in [0.15, 0.2) is 36.5 Å². The number of Topliss-reactive ketones (excluding diaryl/α,β-unsaturated/α-hetero) is 1. The van der Waals surface area contributed by atoms with Crippen molar-refractivity contribution in [2.75, 3.05) is 5.32 Å². The quantitative estimate of drug-likeness (QED) is 0.671. The molecule has 1 amide bonds. The first-order valence-electron chi connectivity index (χ1n) is 9.27. The molecule has 4 rings (SSSR count). The molecule has 3 aromatic rings. The third-order valence-electron chi connectivity index (χ3n) is 5.17. The molecule has 1 aliphatic rings. The van der Waals surface area contributed by atoms with Crippen LogP contribution in [0.3, 0.4) is 0 Å². The Morgan fingerprint density at radius 3 is 2.57 bits per heavy atom. The minimum Gasteiger partial charge on any atom is -0.317 e. The second-order valence-corrected chi connectivity index (χ2v) is 7.36. The van der Waals surface area contributed by atoms with Crippen molar-refractivity contribution >= 4 is 17.4 Å². The number of carbonyl (C=O) groups is 2. The van der Waals surface area contributed by atoms with Crippen LogP contribution in [-0.2, 0) is 6.18 Å². The summed E-state index contributed by atoms with van der Waals surface area (Å²) in [5.74, 6) is -1.43. The molecule has 0 saturated carbocycles. The van der Waals surface area contributed by atoms with E-state index in [0.29, 0.717) is 17.7 Å². The van der Waals surface area contributed by atoms with Crippen molar-refractivity contribution in [2.45, 2.75) is 38.4 Å². The van der Waals surface area contributed by atoms with Gasteiger partial charge in [-0.3, -0.25) is 19.4 Å². The fourth-order valence-electron chi connectivity index (χ4n) is 3.66. The maximum Gasteiger partial charge on any atom is 0.416 e. The van der Waals surface area contributed by atoms with Gasteiger partial charge in [0.2, 0.25) is 0 Å². The van der Waals surface area contributed by atoms with E-state index in [1.807, 2.05) is 6.92 Å². The summed E-state index contributed by atoms with van der Waals surface area (Å²) in [5.41, 5.74) is 1.07. The third-order valence-corrected chi connectivity index (χ3v) is 5.17. The highest BCUT2D eigenvalue weighted by atomic mass is 19.4. The van der Waals surface area contributed by atoms with Crippen LogP contribution in [0, 0.1) is 6.92 Å². The topological polar surface area (TPSA) is 92.7 Å². The second-order valence-electron chi connectivity index (χ2n) is 7.36. The molecular weight excluding hydrogens is 399 g/mol. The van der Waals surface area contributed by atoms with E-state index in [0.717, 1.165) is 12.1 Å². The molecule has 2 N–H and O–H groups in total. The van der Waals surface area contributed by atoms with E-state index in [1.165, 1.54) is 23.0 Å². The molecule has 7 nitrogen and oxygen atoms in total. The SMILES string of the molecule is Cc1cc(C(=O)Nc2cnn3c2C(=O)C(c2ccc(C(F)(F)F)cc2)C[C@@H]3C)n[nH]1. The summed E-state index contributed by atoms with van der Waals surface area (Å²) in [7, 11) is 0. The summed E-state index contributed by atoms with van der Waals surface area (Å²) in [4.78, 5) is 25.6. The number of hydrogen-bond acceptors (Lipinski definition) is 4. The third kappa shape index (κ3) is 3.49. The number of benzene rings is 1. The number of halogens is 3. The number of aromatic amines is 1. The van der Waals surface area contributed by atoms with Crippen molar-refractivity contribution in [2.24, 2.45) is 0 Å². The van der Waals surface area contributed by atoms with Gasteiger partial charge in [-0.2, -0.15) is 23.4 Å². The van der Waals surface area contributed by atoms with Gasteiger partial charge in [-0.05, 0) is 44.0 Å². The van der Waals surface area contributed by atoms with Crippen LogP contribution in [0.1, 0.15) is 63.1 Å². The number of nitrogens with one attached hydrogen (secondary N) is 2. The summed E-state index contributed by atoms with van der Waals surface area (Å²) in [6.07, 6.45) is -2.65. The van der Waals surface area contributed by atoms with E-state index < -0.39 is 23.6 Å². The standard InChI is InChI=1S/C20H18F3N5O2/c1-10-7-15(27-26-10)19(30)25-16-9-24-28-11(2)8-14(18(29)17(16)28)12-3-5-13(6-4-12)20(21,22)23/h3-7,9,11,14H,8H2,1-2H3,(H,25,30)(H,26,27)/t11-,14?/m0/s1. The summed E-state index contributed by atoms with van der Waals surface area (Å²) < 4.78 is 40.1.